The number of hydrogen-bond acceptors (Lipinski definition) is 3. The zero-order chi connectivity index (χ0) is 15.2. The molecule has 2 rings (SSSR count). The molecule has 0 saturated heterocycles. The van der Waals surface area contributed by atoms with Crippen LogP contribution in [0.5, 0.6) is 0 Å². The smallest absolute Gasteiger partial charge is 0.338 e. The van der Waals surface area contributed by atoms with Crippen LogP contribution in [0.1, 0.15) is 10.4 Å². The molecule has 0 aliphatic carbocycles. The van der Waals surface area contributed by atoms with Gasteiger partial charge in [-0.1, -0.05) is 45.7 Å². The van der Waals surface area contributed by atoms with Crippen LogP contribution in [0.15, 0.2) is 53.0 Å². The monoisotopic (exact) mass is 367 g/mol. The second-order valence-corrected chi connectivity index (χ2v) is 5.44. The summed E-state index contributed by atoms with van der Waals surface area (Å²) in [5.74, 6) is -1.00. The maximum absolute atomic E-state index is 11.7. The highest BCUT2D eigenvalue weighted by molar-refractivity contribution is 9.10. The van der Waals surface area contributed by atoms with E-state index in [1.54, 1.807) is 48.5 Å². The van der Waals surface area contributed by atoms with Crippen molar-refractivity contribution >= 4 is 45.1 Å². The Balaban J connectivity index is 1.89. The van der Waals surface area contributed by atoms with Crippen LogP contribution in [-0.4, -0.2) is 18.5 Å². The van der Waals surface area contributed by atoms with E-state index < -0.39 is 11.9 Å². The van der Waals surface area contributed by atoms with Crippen LogP contribution in [0.3, 0.4) is 0 Å². The molecule has 4 nitrogen and oxygen atoms in total. The molecule has 2 aromatic rings. The summed E-state index contributed by atoms with van der Waals surface area (Å²) in [6.45, 7) is -0.375. The Bertz CT molecular complexity index is 661. The number of anilines is 1. The highest BCUT2D eigenvalue weighted by Gasteiger charge is 2.11. The highest BCUT2D eigenvalue weighted by atomic mass is 79.9. The Labute approximate surface area is 135 Å². The van der Waals surface area contributed by atoms with Crippen LogP contribution in [0.2, 0.25) is 5.02 Å². The van der Waals surface area contributed by atoms with Gasteiger partial charge in [0.1, 0.15) is 0 Å². The van der Waals surface area contributed by atoms with E-state index in [1.165, 1.54) is 0 Å². The van der Waals surface area contributed by atoms with Crippen molar-refractivity contribution in [2.45, 2.75) is 0 Å². The predicted molar refractivity (Wildman–Crippen MR) is 84.5 cm³/mol. The van der Waals surface area contributed by atoms with Crippen molar-refractivity contribution in [2.24, 2.45) is 0 Å². The molecule has 0 bridgehead atoms. The van der Waals surface area contributed by atoms with Gasteiger partial charge < -0.3 is 10.1 Å². The average molecular weight is 369 g/mol. The van der Waals surface area contributed by atoms with Crippen LogP contribution in [0, 0.1) is 0 Å². The molecule has 1 N–H and O–H groups in total. The summed E-state index contributed by atoms with van der Waals surface area (Å²) in [6.07, 6.45) is 0. The van der Waals surface area contributed by atoms with E-state index in [0.29, 0.717) is 16.3 Å². The fraction of sp³-hybridized carbons (Fsp3) is 0.0667. The van der Waals surface area contributed by atoms with Crippen LogP contribution >= 0.6 is 27.5 Å². The van der Waals surface area contributed by atoms with Gasteiger partial charge in [-0.05, 0) is 30.3 Å². The molecule has 2 aromatic carbocycles. The maximum atomic E-state index is 11.7. The molecule has 0 radical (unpaired) electrons. The van der Waals surface area contributed by atoms with Gasteiger partial charge in [0.25, 0.3) is 5.91 Å². The standard InChI is InChI=1S/C15H11BrClNO3/c16-11-6-7-13(12(17)8-11)18-14(19)9-21-15(20)10-4-2-1-3-5-10/h1-8H,9H2,(H,18,19). The number of carbonyl (C=O) groups excluding carboxylic acids is 2. The number of amides is 1. The molecule has 0 atom stereocenters. The SMILES string of the molecule is O=C(COC(=O)c1ccccc1)Nc1ccc(Br)cc1Cl. The molecule has 0 aliphatic rings. The molecule has 0 spiro atoms. The van der Waals surface area contributed by atoms with Crippen LogP contribution in [0.25, 0.3) is 0 Å². The summed E-state index contributed by atoms with van der Waals surface area (Å²) >= 11 is 9.25. The minimum absolute atomic E-state index is 0.375. The molecule has 0 aliphatic heterocycles. The molecule has 0 aromatic heterocycles. The third-order valence-corrected chi connectivity index (χ3v) is 3.36. The molecule has 21 heavy (non-hydrogen) atoms. The van der Waals surface area contributed by atoms with E-state index >= 15 is 0 Å². The second kappa shape index (κ2) is 7.24. The fourth-order valence-electron chi connectivity index (χ4n) is 1.57. The van der Waals surface area contributed by atoms with Gasteiger partial charge in [-0.25, -0.2) is 4.79 Å². The van der Waals surface area contributed by atoms with Crippen molar-refractivity contribution in [1.82, 2.24) is 0 Å². The number of nitrogens with one attached hydrogen (secondary N) is 1. The van der Waals surface area contributed by atoms with E-state index in [1.807, 2.05) is 0 Å². The lowest BCUT2D eigenvalue weighted by Gasteiger charge is -2.08. The fourth-order valence-corrected chi connectivity index (χ4v) is 2.29. The molecule has 0 unspecified atom stereocenters. The van der Waals surface area contributed by atoms with Crippen molar-refractivity contribution in [3.8, 4) is 0 Å². The van der Waals surface area contributed by atoms with Crippen molar-refractivity contribution in [3.63, 3.8) is 0 Å². The van der Waals surface area contributed by atoms with E-state index in [4.69, 9.17) is 16.3 Å². The molecule has 0 saturated carbocycles. The molecule has 108 valence electrons. The third kappa shape index (κ3) is 4.58. The van der Waals surface area contributed by atoms with E-state index in [2.05, 4.69) is 21.2 Å². The zero-order valence-electron chi connectivity index (χ0n) is 10.8. The number of rotatable bonds is 4. The van der Waals surface area contributed by atoms with Gasteiger partial charge in [-0.3, -0.25) is 4.79 Å². The topological polar surface area (TPSA) is 55.4 Å². The number of hydrogen-bond donors (Lipinski definition) is 1. The Morgan fingerprint density at radius 2 is 1.86 bits per heavy atom. The molecule has 0 heterocycles. The predicted octanol–water partition coefficient (Wildman–Crippen LogP) is 3.90. The average Bonchev–Trinajstić information content (AvgIpc) is 2.48. The Morgan fingerprint density at radius 3 is 2.52 bits per heavy atom. The maximum Gasteiger partial charge on any atom is 0.338 e. The van der Waals surface area contributed by atoms with Gasteiger partial charge in [0.2, 0.25) is 0 Å². The van der Waals surface area contributed by atoms with Gasteiger partial charge in [-0.15, -0.1) is 0 Å². The van der Waals surface area contributed by atoms with Crippen molar-refractivity contribution in [2.75, 3.05) is 11.9 Å². The quantitative estimate of drug-likeness (QED) is 0.833. The number of carbonyl (C=O) groups is 2. The lowest BCUT2D eigenvalue weighted by Crippen LogP contribution is -2.21. The summed E-state index contributed by atoms with van der Waals surface area (Å²) in [4.78, 5) is 23.4. The number of halogens is 2. The lowest BCUT2D eigenvalue weighted by atomic mass is 10.2. The second-order valence-electron chi connectivity index (χ2n) is 4.11. The molecular formula is C15H11BrClNO3. The summed E-state index contributed by atoms with van der Waals surface area (Å²) in [5, 5.41) is 2.97. The first-order valence-corrected chi connectivity index (χ1v) is 7.20. The zero-order valence-corrected chi connectivity index (χ0v) is 13.1. The van der Waals surface area contributed by atoms with Crippen LogP contribution in [0.4, 0.5) is 5.69 Å². The number of benzene rings is 2. The lowest BCUT2D eigenvalue weighted by molar-refractivity contribution is -0.119. The Hall–Kier alpha value is -1.85. The van der Waals surface area contributed by atoms with Gasteiger partial charge in [-0.2, -0.15) is 0 Å². The summed E-state index contributed by atoms with van der Waals surface area (Å²) < 4.78 is 5.73. The molecular weight excluding hydrogens is 358 g/mol. The van der Waals surface area contributed by atoms with E-state index in [0.717, 1.165) is 4.47 Å². The van der Waals surface area contributed by atoms with Crippen LogP contribution in [-0.2, 0) is 9.53 Å². The minimum Gasteiger partial charge on any atom is -0.452 e. The first-order valence-electron chi connectivity index (χ1n) is 6.03. The van der Waals surface area contributed by atoms with Gasteiger partial charge >= 0.3 is 5.97 Å². The number of esters is 1. The van der Waals surface area contributed by atoms with Gasteiger partial charge in [0.15, 0.2) is 6.61 Å². The van der Waals surface area contributed by atoms with Crippen molar-refractivity contribution < 1.29 is 14.3 Å². The largest absolute Gasteiger partial charge is 0.452 e. The molecule has 0 fully saturated rings. The number of ether oxygens (including phenoxy) is 1. The van der Waals surface area contributed by atoms with Crippen molar-refractivity contribution in [3.05, 3.63) is 63.6 Å². The Morgan fingerprint density at radius 1 is 1.14 bits per heavy atom. The first-order chi connectivity index (χ1) is 10.1. The Kier molecular flexibility index (Phi) is 5.36. The van der Waals surface area contributed by atoms with Gasteiger partial charge in [0, 0.05) is 4.47 Å². The minimum atomic E-state index is -0.548. The third-order valence-electron chi connectivity index (χ3n) is 2.55. The van der Waals surface area contributed by atoms with E-state index in [-0.39, 0.29) is 6.61 Å². The highest BCUT2D eigenvalue weighted by Crippen LogP contribution is 2.25. The molecule has 1 amide bonds. The summed E-state index contributed by atoms with van der Waals surface area (Å²) in [5.41, 5.74) is 0.854. The first kappa shape index (κ1) is 15.5. The normalized spacial score (nSPS) is 10.0. The van der Waals surface area contributed by atoms with Crippen molar-refractivity contribution in [1.29, 1.82) is 0 Å². The van der Waals surface area contributed by atoms with Gasteiger partial charge in [0.05, 0.1) is 16.3 Å². The van der Waals surface area contributed by atoms with E-state index in [9.17, 15) is 9.59 Å². The molecule has 6 heteroatoms. The van der Waals surface area contributed by atoms with Crippen LogP contribution < -0.4 is 5.32 Å². The summed E-state index contributed by atoms with van der Waals surface area (Å²) in [6, 6.07) is 13.5. The summed E-state index contributed by atoms with van der Waals surface area (Å²) in [7, 11) is 0.